The Morgan fingerprint density at radius 3 is 2.41 bits per heavy atom. The number of aryl methyl sites for hydroxylation is 1. The number of carbonyl (C=O) groups is 2. The molecule has 2 N–H and O–H groups in total. The van der Waals surface area contributed by atoms with Crippen LogP contribution in [0.3, 0.4) is 0 Å². The van der Waals surface area contributed by atoms with E-state index in [9.17, 15) is 9.59 Å². The summed E-state index contributed by atoms with van der Waals surface area (Å²) in [5.41, 5.74) is 3.16. The molecule has 1 aliphatic carbocycles. The van der Waals surface area contributed by atoms with E-state index < -0.39 is 0 Å². The summed E-state index contributed by atoms with van der Waals surface area (Å²) >= 11 is 0. The standard InChI is InChI=1S/C23H26N2O2/c1-17-11-13-18(14-12-17)15-16-22(26)25-21-10-6-5-9-20(21)23(27)24-19-7-3-2-4-8-19/h5-6,9-16,19H,2-4,7-8H2,1H3,(H,24,27)(H,25,26). The molecule has 0 aliphatic heterocycles. The number of benzene rings is 2. The molecule has 0 radical (unpaired) electrons. The molecule has 0 aromatic heterocycles. The molecule has 0 spiro atoms. The van der Waals surface area contributed by atoms with Crippen LogP contribution < -0.4 is 10.6 Å². The van der Waals surface area contributed by atoms with Crippen LogP contribution in [-0.4, -0.2) is 17.9 Å². The van der Waals surface area contributed by atoms with Gasteiger partial charge in [0.25, 0.3) is 5.91 Å². The van der Waals surface area contributed by atoms with Crippen LogP contribution in [-0.2, 0) is 4.79 Å². The first kappa shape index (κ1) is 18.9. The fraction of sp³-hybridized carbons (Fsp3) is 0.304. The number of hydrogen-bond acceptors (Lipinski definition) is 2. The first-order valence-electron chi connectivity index (χ1n) is 9.57. The second-order valence-electron chi connectivity index (χ2n) is 7.09. The molecule has 0 unspecified atom stereocenters. The van der Waals surface area contributed by atoms with E-state index in [0.29, 0.717) is 11.3 Å². The van der Waals surface area contributed by atoms with Crippen LogP contribution in [0.5, 0.6) is 0 Å². The highest BCUT2D eigenvalue weighted by molar-refractivity contribution is 6.07. The molecule has 1 saturated carbocycles. The van der Waals surface area contributed by atoms with E-state index in [-0.39, 0.29) is 17.9 Å². The molecular weight excluding hydrogens is 336 g/mol. The summed E-state index contributed by atoms with van der Waals surface area (Å²) in [5.74, 6) is -0.381. The molecule has 1 aliphatic rings. The van der Waals surface area contributed by atoms with Crippen LogP contribution >= 0.6 is 0 Å². The molecule has 0 bridgehead atoms. The van der Waals surface area contributed by atoms with E-state index in [1.165, 1.54) is 18.1 Å². The molecule has 2 aromatic rings. The van der Waals surface area contributed by atoms with Crippen molar-refractivity contribution in [3.05, 3.63) is 71.3 Å². The van der Waals surface area contributed by atoms with Gasteiger partial charge in [0, 0.05) is 12.1 Å². The van der Waals surface area contributed by atoms with Crippen molar-refractivity contribution in [3.8, 4) is 0 Å². The predicted molar refractivity (Wildman–Crippen MR) is 110 cm³/mol. The Morgan fingerprint density at radius 2 is 1.67 bits per heavy atom. The lowest BCUT2D eigenvalue weighted by Crippen LogP contribution is -2.36. The van der Waals surface area contributed by atoms with Gasteiger partial charge in [-0.05, 0) is 43.5 Å². The van der Waals surface area contributed by atoms with Gasteiger partial charge in [-0.15, -0.1) is 0 Å². The van der Waals surface area contributed by atoms with Crippen molar-refractivity contribution in [2.45, 2.75) is 45.1 Å². The van der Waals surface area contributed by atoms with Crippen LogP contribution in [0.25, 0.3) is 6.08 Å². The minimum Gasteiger partial charge on any atom is -0.349 e. The zero-order valence-electron chi connectivity index (χ0n) is 15.7. The van der Waals surface area contributed by atoms with Crippen molar-refractivity contribution in [1.29, 1.82) is 0 Å². The maximum atomic E-state index is 12.6. The summed E-state index contributed by atoms with van der Waals surface area (Å²) in [5, 5.41) is 5.93. The van der Waals surface area contributed by atoms with Crippen LogP contribution in [0, 0.1) is 6.92 Å². The van der Waals surface area contributed by atoms with Gasteiger partial charge in [0.2, 0.25) is 5.91 Å². The molecule has 2 amide bonds. The predicted octanol–water partition coefficient (Wildman–Crippen LogP) is 4.71. The smallest absolute Gasteiger partial charge is 0.253 e. The quantitative estimate of drug-likeness (QED) is 0.757. The van der Waals surface area contributed by atoms with E-state index in [0.717, 1.165) is 31.2 Å². The highest BCUT2D eigenvalue weighted by Gasteiger charge is 2.18. The van der Waals surface area contributed by atoms with Crippen LogP contribution in [0.4, 0.5) is 5.69 Å². The van der Waals surface area contributed by atoms with Crippen molar-refractivity contribution in [1.82, 2.24) is 5.32 Å². The Balaban J connectivity index is 1.65. The van der Waals surface area contributed by atoms with Crippen LogP contribution in [0.15, 0.2) is 54.6 Å². The van der Waals surface area contributed by atoms with Crippen molar-refractivity contribution in [2.24, 2.45) is 0 Å². The Bertz CT molecular complexity index is 819. The minimum absolute atomic E-state index is 0.125. The van der Waals surface area contributed by atoms with Gasteiger partial charge in [-0.3, -0.25) is 9.59 Å². The first-order valence-corrected chi connectivity index (χ1v) is 9.57. The van der Waals surface area contributed by atoms with Crippen molar-refractivity contribution < 1.29 is 9.59 Å². The SMILES string of the molecule is Cc1ccc(C=CC(=O)Nc2ccccc2C(=O)NC2CCCCC2)cc1. The zero-order valence-corrected chi connectivity index (χ0v) is 15.7. The summed E-state index contributed by atoms with van der Waals surface area (Å²) in [6.45, 7) is 2.02. The Kier molecular flexibility index (Phi) is 6.42. The molecule has 2 aromatic carbocycles. The average molecular weight is 362 g/mol. The topological polar surface area (TPSA) is 58.2 Å². The fourth-order valence-corrected chi connectivity index (χ4v) is 3.32. The molecule has 0 saturated heterocycles. The van der Waals surface area contributed by atoms with E-state index in [2.05, 4.69) is 10.6 Å². The summed E-state index contributed by atoms with van der Waals surface area (Å²) in [7, 11) is 0. The number of nitrogens with one attached hydrogen (secondary N) is 2. The lowest BCUT2D eigenvalue weighted by molar-refractivity contribution is -0.111. The number of amides is 2. The normalized spacial score (nSPS) is 14.9. The largest absolute Gasteiger partial charge is 0.349 e. The summed E-state index contributed by atoms with van der Waals surface area (Å²) < 4.78 is 0. The minimum atomic E-state index is -0.256. The Hall–Kier alpha value is -2.88. The molecular formula is C23H26N2O2. The van der Waals surface area contributed by atoms with Gasteiger partial charge in [0.1, 0.15) is 0 Å². The number of para-hydroxylation sites is 1. The average Bonchev–Trinajstić information content (AvgIpc) is 2.69. The molecule has 0 heterocycles. The fourth-order valence-electron chi connectivity index (χ4n) is 3.32. The molecule has 4 heteroatoms. The molecule has 3 rings (SSSR count). The third-order valence-electron chi connectivity index (χ3n) is 4.87. The maximum Gasteiger partial charge on any atom is 0.253 e. The summed E-state index contributed by atoms with van der Waals surface area (Å²) in [4.78, 5) is 24.9. The lowest BCUT2D eigenvalue weighted by Gasteiger charge is -2.23. The highest BCUT2D eigenvalue weighted by Crippen LogP contribution is 2.20. The van der Waals surface area contributed by atoms with E-state index in [1.54, 1.807) is 18.2 Å². The van der Waals surface area contributed by atoms with Gasteiger partial charge in [0.15, 0.2) is 0 Å². The molecule has 140 valence electrons. The van der Waals surface area contributed by atoms with Crippen LogP contribution in [0.2, 0.25) is 0 Å². The van der Waals surface area contributed by atoms with E-state index in [4.69, 9.17) is 0 Å². The van der Waals surface area contributed by atoms with Gasteiger partial charge in [-0.2, -0.15) is 0 Å². The molecule has 0 atom stereocenters. The second kappa shape index (κ2) is 9.17. The van der Waals surface area contributed by atoms with Crippen molar-refractivity contribution in [2.75, 3.05) is 5.32 Å². The van der Waals surface area contributed by atoms with Gasteiger partial charge < -0.3 is 10.6 Å². The van der Waals surface area contributed by atoms with Crippen molar-refractivity contribution in [3.63, 3.8) is 0 Å². The third-order valence-corrected chi connectivity index (χ3v) is 4.87. The second-order valence-corrected chi connectivity index (χ2v) is 7.09. The van der Waals surface area contributed by atoms with Crippen LogP contribution in [0.1, 0.15) is 53.6 Å². The molecule has 1 fully saturated rings. The number of hydrogen-bond donors (Lipinski definition) is 2. The number of rotatable bonds is 5. The highest BCUT2D eigenvalue weighted by atomic mass is 16.2. The Labute approximate surface area is 160 Å². The monoisotopic (exact) mass is 362 g/mol. The van der Waals surface area contributed by atoms with E-state index >= 15 is 0 Å². The lowest BCUT2D eigenvalue weighted by atomic mass is 9.95. The van der Waals surface area contributed by atoms with Gasteiger partial charge in [-0.25, -0.2) is 0 Å². The first-order chi connectivity index (χ1) is 13.1. The zero-order chi connectivity index (χ0) is 19.1. The summed E-state index contributed by atoms with van der Waals surface area (Å²) in [6.07, 6.45) is 8.87. The summed E-state index contributed by atoms with van der Waals surface area (Å²) in [6, 6.07) is 15.3. The number of anilines is 1. The van der Waals surface area contributed by atoms with Gasteiger partial charge >= 0.3 is 0 Å². The van der Waals surface area contributed by atoms with Crippen molar-refractivity contribution >= 4 is 23.6 Å². The molecule has 4 nitrogen and oxygen atoms in total. The maximum absolute atomic E-state index is 12.6. The third kappa shape index (κ3) is 5.55. The number of carbonyl (C=O) groups excluding carboxylic acids is 2. The van der Waals surface area contributed by atoms with Gasteiger partial charge in [-0.1, -0.05) is 61.2 Å². The Morgan fingerprint density at radius 1 is 0.963 bits per heavy atom. The van der Waals surface area contributed by atoms with Gasteiger partial charge in [0.05, 0.1) is 11.3 Å². The van der Waals surface area contributed by atoms with E-state index in [1.807, 2.05) is 43.3 Å². The molecule has 27 heavy (non-hydrogen) atoms.